The molecule has 6 nitrogen and oxygen atoms in total. The second-order valence-electron chi connectivity index (χ2n) is 7.32. The van der Waals surface area contributed by atoms with E-state index < -0.39 is 10.0 Å². The summed E-state index contributed by atoms with van der Waals surface area (Å²) in [6, 6.07) is 14.0. The third-order valence-corrected chi connectivity index (χ3v) is 6.75. The molecule has 1 heterocycles. The Hall–Kier alpha value is -2.38. The number of sulfonamides is 1. The Morgan fingerprint density at radius 2 is 1.89 bits per heavy atom. The minimum Gasteiger partial charge on any atom is -0.487 e. The molecule has 2 aromatic carbocycles. The van der Waals surface area contributed by atoms with E-state index in [1.54, 1.807) is 23.1 Å². The molecule has 150 valence electrons. The van der Waals surface area contributed by atoms with E-state index in [-0.39, 0.29) is 29.5 Å². The number of amides is 1. The van der Waals surface area contributed by atoms with Crippen LogP contribution in [-0.4, -0.2) is 37.3 Å². The summed E-state index contributed by atoms with van der Waals surface area (Å²) in [5, 5.41) is 0. The van der Waals surface area contributed by atoms with Crippen LogP contribution in [-0.2, 0) is 21.4 Å². The van der Waals surface area contributed by atoms with Crippen molar-refractivity contribution in [2.45, 2.75) is 51.3 Å². The van der Waals surface area contributed by atoms with Crippen LogP contribution < -0.4 is 9.64 Å². The van der Waals surface area contributed by atoms with Crippen LogP contribution >= 0.6 is 0 Å². The number of hydrogen-bond donors (Lipinski definition) is 0. The molecule has 0 aromatic heterocycles. The Bertz CT molecular complexity index is 958. The van der Waals surface area contributed by atoms with Crippen LogP contribution in [0.4, 0.5) is 5.69 Å². The number of fused-ring (bicyclic) bond motifs is 1. The Balaban J connectivity index is 2.01. The maximum Gasteiger partial charge on any atom is 0.243 e. The molecule has 1 aliphatic rings. The molecule has 2 aromatic rings. The molecule has 0 saturated heterocycles. The van der Waals surface area contributed by atoms with Gasteiger partial charge in [-0.2, -0.15) is 4.31 Å². The van der Waals surface area contributed by atoms with Gasteiger partial charge in [0.1, 0.15) is 11.9 Å². The topological polar surface area (TPSA) is 66.9 Å². The van der Waals surface area contributed by atoms with Crippen molar-refractivity contribution in [2.24, 2.45) is 0 Å². The highest BCUT2D eigenvalue weighted by molar-refractivity contribution is 7.89. The van der Waals surface area contributed by atoms with Crippen molar-refractivity contribution in [3.8, 4) is 5.75 Å². The highest BCUT2D eigenvalue weighted by Crippen LogP contribution is 2.36. The molecular formula is C21H26N2O4S. The van der Waals surface area contributed by atoms with E-state index >= 15 is 0 Å². The zero-order valence-corrected chi connectivity index (χ0v) is 17.4. The fraction of sp³-hybridized carbons (Fsp3) is 0.381. The lowest BCUT2D eigenvalue weighted by Crippen LogP contribution is -2.41. The van der Waals surface area contributed by atoms with Crippen molar-refractivity contribution in [3.63, 3.8) is 0 Å². The van der Waals surface area contributed by atoms with Crippen LogP contribution in [0.25, 0.3) is 0 Å². The number of hydrogen-bond acceptors (Lipinski definition) is 4. The molecule has 1 unspecified atom stereocenters. The lowest BCUT2D eigenvalue weighted by atomic mass is 10.2. The predicted molar refractivity (Wildman–Crippen MR) is 109 cm³/mol. The smallest absolute Gasteiger partial charge is 0.243 e. The second-order valence-corrected chi connectivity index (χ2v) is 9.21. The number of carbonyl (C=O) groups is 1. The van der Waals surface area contributed by atoms with Crippen LogP contribution in [0.3, 0.4) is 0 Å². The van der Waals surface area contributed by atoms with E-state index in [9.17, 15) is 13.2 Å². The first-order valence-corrected chi connectivity index (χ1v) is 10.8. The number of nitrogens with zero attached hydrogens (tertiary/aromatic N) is 2. The summed E-state index contributed by atoms with van der Waals surface area (Å²) in [5.41, 5.74) is 1.41. The maximum atomic E-state index is 13.4. The summed E-state index contributed by atoms with van der Waals surface area (Å²) in [5.74, 6) is 0.378. The molecular weight excluding hydrogens is 376 g/mol. The van der Waals surface area contributed by atoms with Gasteiger partial charge in [-0.25, -0.2) is 8.42 Å². The molecule has 1 atom stereocenters. The Morgan fingerprint density at radius 3 is 2.50 bits per heavy atom. The molecule has 1 aliphatic heterocycles. The van der Waals surface area contributed by atoms with Crippen molar-refractivity contribution < 1.29 is 17.9 Å². The van der Waals surface area contributed by atoms with E-state index in [1.165, 1.54) is 11.2 Å². The fourth-order valence-corrected chi connectivity index (χ4v) is 4.97. The van der Waals surface area contributed by atoms with Gasteiger partial charge in [-0.3, -0.25) is 4.79 Å². The van der Waals surface area contributed by atoms with Crippen molar-refractivity contribution in [2.75, 3.05) is 11.4 Å². The maximum absolute atomic E-state index is 13.4. The van der Waals surface area contributed by atoms with Gasteiger partial charge in [-0.05, 0) is 44.5 Å². The Labute approximate surface area is 166 Å². The van der Waals surface area contributed by atoms with Gasteiger partial charge in [0.15, 0.2) is 0 Å². The molecule has 0 saturated carbocycles. The van der Waals surface area contributed by atoms with E-state index in [0.717, 1.165) is 5.56 Å². The molecule has 7 heteroatoms. The minimum absolute atomic E-state index is 0.143. The van der Waals surface area contributed by atoms with Crippen LogP contribution in [0.2, 0.25) is 0 Å². The SMILES string of the molecule is CC(=O)N1CC(C)Oc2ccc(S(=O)(=O)N(Cc3ccccc3)C(C)C)cc21. The second kappa shape index (κ2) is 7.93. The highest BCUT2D eigenvalue weighted by Gasteiger charge is 2.31. The monoisotopic (exact) mass is 402 g/mol. The van der Waals surface area contributed by atoms with Crippen LogP contribution in [0.15, 0.2) is 53.4 Å². The van der Waals surface area contributed by atoms with Gasteiger partial charge in [-0.1, -0.05) is 30.3 Å². The Kier molecular flexibility index (Phi) is 5.76. The zero-order valence-electron chi connectivity index (χ0n) is 16.6. The van der Waals surface area contributed by atoms with Crippen LogP contribution in [0, 0.1) is 0 Å². The van der Waals surface area contributed by atoms with E-state index in [4.69, 9.17) is 4.74 Å². The first-order chi connectivity index (χ1) is 13.2. The zero-order chi connectivity index (χ0) is 20.5. The van der Waals surface area contributed by atoms with Crippen molar-refractivity contribution >= 4 is 21.6 Å². The lowest BCUT2D eigenvalue weighted by molar-refractivity contribution is -0.117. The molecule has 0 fully saturated rings. The normalized spacial score (nSPS) is 16.8. The predicted octanol–water partition coefficient (Wildman–Crippen LogP) is 3.42. The average Bonchev–Trinajstić information content (AvgIpc) is 2.65. The summed E-state index contributed by atoms with van der Waals surface area (Å²) < 4.78 is 34.0. The lowest BCUT2D eigenvalue weighted by Gasteiger charge is -2.33. The fourth-order valence-electron chi connectivity index (χ4n) is 3.32. The molecule has 3 rings (SSSR count). The third-order valence-electron chi connectivity index (χ3n) is 4.73. The highest BCUT2D eigenvalue weighted by atomic mass is 32.2. The van der Waals surface area contributed by atoms with Gasteiger partial charge in [0.2, 0.25) is 15.9 Å². The molecule has 0 aliphatic carbocycles. The van der Waals surface area contributed by atoms with Crippen molar-refractivity contribution in [3.05, 3.63) is 54.1 Å². The van der Waals surface area contributed by atoms with Gasteiger partial charge < -0.3 is 9.64 Å². The molecule has 0 spiro atoms. The average molecular weight is 403 g/mol. The van der Waals surface area contributed by atoms with Crippen molar-refractivity contribution in [1.29, 1.82) is 0 Å². The van der Waals surface area contributed by atoms with E-state index in [2.05, 4.69) is 0 Å². The van der Waals surface area contributed by atoms with Gasteiger partial charge in [-0.15, -0.1) is 0 Å². The summed E-state index contributed by atoms with van der Waals surface area (Å²) >= 11 is 0. The van der Waals surface area contributed by atoms with Crippen molar-refractivity contribution in [1.82, 2.24) is 4.31 Å². The number of rotatable bonds is 5. The summed E-state index contributed by atoms with van der Waals surface area (Å²) in [6.45, 7) is 7.73. The molecule has 0 radical (unpaired) electrons. The third kappa shape index (κ3) is 4.05. The summed E-state index contributed by atoms with van der Waals surface area (Å²) in [6.07, 6.45) is -0.149. The van der Waals surface area contributed by atoms with E-state index in [0.29, 0.717) is 18.0 Å². The van der Waals surface area contributed by atoms with Gasteiger partial charge in [0, 0.05) is 19.5 Å². The minimum atomic E-state index is -3.75. The molecule has 0 N–H and O–H groups in total. The standard InChI is InChI=1S/C21H26N2O4S/c1-15(2)23(14-18-8-6-5-7-9-18)28(25,26)19-10-11-21-20(12-19)22(17(4)24)13-16(3)27-21/h5-12,15-16H,13-14H2,1-4H3. The summed E-state index contributed by atoms with van der Waals surface area (Å²) in [4.78, 5) is 13.8. The molecule has 28 heavy (non-hydrogen) atoms. The first kappa shape index (κ1) is 20.4. The van der Waals surface area contributed by atoms with Crippen LogP contribution in [0.5, 0.6) is 5.75 Å². The Morgan fingerprint density at radius 1 is 1.21 bits per heavy atom. The number of ether oxygens (including phenoxy) is 1. The number of anilines is 1. The van der Waals surface area contributed by atoms with E-state index in [1.807, 2.05) is 51.1 Å². The molecule has 0 bridgehead atoms. The van der Waals surface area contributed by atoms with Gasteiger partial charge in [0.05, 0.1) is 17.1 Å². The number of carbonyl (C=O) groups excluding carboxylic acids is 1. The molecule has 1 amide bonds. The first-order valence-electron chi connectivity index (χ1n) is 9.34. The van der Waals surface area contributed by atoms with Gasteiger partial charge >= 0.3 is 0 Å². The summed E-state index contributed by atoms with van der Waals surface area (Å²) in [7, 11) is -3.75. The van der Waals surface area contributed by atoms with Gasteiger partial charge in [0.25, 0.3) is 0 Å². The largest absolute Gasteiger partial charge is 0.487 e. The number of benzene rings is 2. The quantitative estimate of drug-likeness (QED) is 0.769. The van der Waals surface area contributed by atoms with Crippen LogP contribution in [0.1, 0.15) is 33.3 Å².